The van der Waals surface area contributed by atoms with Crippen LogP contribution in [0.1, 0.15) is 19.4 Å². The van der Waals surface area contributed by atoms with Gasteiger partial charge in [-0.15, -0.1) is 0 Å². The van der Waals surface area contributed by atoms with E-state index in [0.29, 0.717) is 28.4 Å². The van der Waals surface area contributed by atoms with Crippen molar-refractivity contribution < 1.29 is 4.79 Å². The summed E-state index contributed by atoms with van der Waals surface area (Å²) in [6.45, 7) is 6.51. The number of aromatic nitrogens is 4. The fourth-order valence-electron chi connectivity index (χ4n) is 4.18. The zero-order chi connectivity index (χ0) is 20.7. The van der Waals surface area contributed by atoms with Crippen LogP contribution in [0.4, 0.5) is 0 Å². The molecule has 0 spiro atoms. The molecule has 3 aromatic rings. The quantitative estimate of drug-likeness (QED) is 0.595. The van der Waals surface area contributed by atoms with Crippen LogP contribution < -0.4 is 5.56 Å². The van der Waals surface area contributed by atoms with Crippen LogP contribution in [0.5, 0.6) is 0 Å². The molecule has 30 heavy (non-hydrogen) atoms. The first-order chi connectivity index (χ1) is 14.7. The minimum Gasteiger partial charge on any atom is -0.340 e. The number of piperazine rings is 1. The second kappa shape index (κ2) is 7.88. The second-order valence-corrected chi connectivity index (χ2v) is 8.67. The lowest BCUT2D eigenvalue weighted by Crippen LogP contribution is -2.49. The van der Waals surface area contributed by atoms with Crippen LogP contribution in [0.15, 0.2) is 46.5 Å². The van der Waals surface area contributed by atoms with Crippen LogP contribution in [-0.2, 0) is 4.79 Å². The number of nitrogens with zero attached hydrogens (tertiary/aromatic N) is 6. The molecule has 0 saturated carbocycles. The van der Waals surface area contributed by atoms with Gasteiger partial charge in [0.15, 0.2) is 10.8 Å². The molecule has 2 aromatic heterocycles. The maximum absolute atomic E-state index is 13.2. The van der Waals surface area contributed by atoms with E-state index in [4.69, 9.17) is 4.98 Å². The van der Waals surface area contributed by atoms with Crippen LogP contribution >= 0.6 is 11.8 Å². The smallest absolute Gasteiger partial charge is 0.265 e. The van der Waals surface area contributed by atoms with Crippen molar-refractivity contribution in [2.24, 2.45) is 0 Å². The number of likely N-dealkylation sites (N-methyl/N-ethyl adjacent to an activating group) is 1. The molecule has 1 saturated heterocycles. The molecule has 0 N–H and O–H groups in total. The van der Waals surface area contributed by atoms with Crippen molar-refractivity contribution >= 4 is 28.7 Å². The van der Waals surface area contributed by atoms with Crippen LogP contribution in [-0.4, -0.2) is 73.5 Å². The minimum atomic E-state index is -0.161. The first-order valence-electron chi connectivity index (χ1n) is 10.3. The fourth-order valence-corrected chi connectivity index (χ4v) is 5.31. The van der Waals surface area contributed by atoms with E-state index in [1.54, 1.807) is 15.4 Å². The van der Waals surface area contributed by atoms with Gasteiger partial charge in [-0.25, -0.2) is 9.67 Å². The van der Waals surface area contributed by atoms with Gasteiger partial charge in [0.05, 0.1) is 17.9 Å². The van der Waals surface area contributed by atoms with Crippen molar-refractivity contribution in [1.82, 2.24) is 29.1 Å². The summed E-state index contributed by atoms with van der Waals surface area (Å²) in [5.74, 6) is 0.810. The predicted molar refractivity (Wildman–Crippen MR) is 116 cm³/mol. The van der Waals surface area contributed by atoms with Crippen molar-refractivity contribution in [3.05, 3.63) is 46.9 Å². The maximum atomic E-state index is 13.2. The van der Waals surface area contributed by atoms with Crippen molar-refractivity contribution in [3.8, 4) is 5.69 Å². The molecule has 5 rings (SSSR count). The van der Waals surface area contributed by atoms with Gasteiger partial charge in [-0.2, -0.15) is 5.10 Å². The molecule has 1 atom stereocenters. The molecule has 2 aliphatic rings. The van der Waals surface area contributed by atoms with Gasteiger partial charge in [-0.3, -0.25) is 14.2 Å². The average molecular weight is 425 g/mol. The molecule has 8 nitrogen and oxygen atoms in total. The standard InChI is InChI=1S/C21H24N6O2S/c1-2-24-8-10-25(11-9-24)18(28)12-16-14-30-21-23-19-17(20(29)26(16)21)13-22-27(19)15-6-4-3-5-7-15/h3-7,13,16H,2,8-12,14H2,1H3/t16-/m1/s1. The summed E-state index contributed by atoms with van der Waals surface area (Å²) < 4.78 is 3.40. The molecule has 0 aliphatic carbocycles. The summed E-state index contributed by atoms with van der Waals surface area (Å²) in [5, 5.41) is 5.54. The highest BCUT2D eigenvalue weighted by Crippen LogP contribution is 2.33. The van der Waals surface area contributed by atoms with Gasteiger partial charge >= 0.3 is 0 Å². The number of carbonyl (C=O) groups excluding carboxylic acids is 1. The van der Waals surface area contributed by atoms with E-state index < -0.39 is 0 Å². The SMILES string of the molecule is CCN1CCN(C(=O)C[C@@H]2CSc3nc4c(cnn4-c4ccccc4)c(=O)n32)CC1. The lowest BCUT2D eigenvalue weighted by molar-refractivity contribution is -0.133. The third-order valence-electron chi connectivity index (χ3n) is 5.95. The van der Waals surface area contributed by atoms with Crippen LogP contribution in [0.25, 0.3) is 16.7 Å². The number of hydrogen-bond donors (Lipinski definition) is 0. The number of hydrogen-bond acceptors (Lipinski definition) is 6. The Kier molecular flexibility index (Phi) is 5.08. The Labute approximate surface area is 178 Å². The molecular weight excluding hydrogens is 400 g/mol. The largest absolute Gasteiger partial charge is 0.340 e. The van der Waals surface area contributed by atoms with Gasteiger partial charge in [-0.1, -0.05) is 36.9 Å². The van der Waals surface area contributed by atoms with E-state index in [0.717, 1.165) is 38.4 Å². The van der Waals surface area contributed by atoms with Gasteiger partial charge in [0.1, 0.15) is 5.39 Å². The zero-order valence-electron chi connectivity index (χ0n) is 16.9. The summed E-state index contributed by atoms with van der Waals surface area (Å²) in [6.07, 6.45) is 1.92. The lowest BCUT2D eigenvalue weighted by Gasteiger charge is -2.34. The second-order valence-electron chi connectivity index (χ2n) is 7.68. The van der Waals surface area contributed by atoms with E-state index in [1.807, 2.05) is 35.2 Å². The molecule has 1 fully saturated rings. The normalized spacial score (nSPS) is 19.4. The van der Waals surface area contributed by atoms with Gasteiger partial charge in [0, 0.05) is 38.4 Å². The summed E-state index contributed by atoms with van der Waals surface area (Å²) in [4.78, 5) is 35.1. The highest BCUT2D eigenvalue weighted by Gasteiger charge is 2.31. The van der Waals surface area contributed by atoms with Crippen molar-refractivity contribution in [2.75, 3.05) is 38.5 Å². The topological polar surface area (TPSA) is 76.3 Å². The molecule has 1 amide bonds. The Bertz CT molecular complexity index is 1130. The number of benzene rings is 1. The highest BCUT2D eigenvalue weighted by molar-refractivity contribution is 7.99. The number of fused-ring (bicyclic) bond motifs is 2. The molecule has 4 heterocycles. The molecule has 156 valence electrons. The molecule has 1 aromatic carbocycles. The summed E-state index contributed by atoms with van der Waals surface area (Å²) in [7, 11) is 0. The van der Waals surface area contributed by atoms with Crippen LogP contribution in [0.2, 0.25) is 0 Å². The van der Waals surface area contributed by atoms with E-state index >= 15 is 0 Å². The molecule has 2 aliphatic heterocycles. The number of para-hydroxylation sites is 1. The Morgan fingerprint density at radius 2 is 1.93 bits per heavy atom. The maximum Gasteiger partial charge on any atom is 0.265 e. The summed E-state index contributed by atoms with van der Waals surface area (Å²) >= 11 is 1.54. The Balaban J connectivity index is 1.41. The van der Waals surface area contributed by atoms with E-state index in [2.05, 4.69) is 16.9 Å². The first kappa shape index (κ1) is 19.3. The summed E-state index contributed by atoms with van der Waals surface area (Å²) in [5.41, 5.74) is 1.31. The minimum absolute atomic E-state index is 0.115. The molecule has 0 unspecified atom stereocenters. The Morgan fingerprint density at radius 1 is 1.17 bits per heavy atom. The van der Waals surface area contributed by atoms with Gasteiger partial charge in [0.25, 0.3) is 5.56 Å². The van der Waals surface area contributed by atoms with E-state index in [1.165, 1.54) is 11.8 Å². The van der Waals surface area contributed by atoms with Crippen molar-refractivity contribution in [3.63, 3.8) is 0 Å². The van der Waals surface area contributed by atoms with Crippen molar-refractivity contribution in [2.45, 2.75) is 24.5 Å². The zero-order valence-corrected chi connectivity index (χ0v) is 17.7. The fraction of sp³-hybridized carbons (Fsp3) is 0.429. The molecular formula is C21H24N6O2S. The summed E-state index contributed by atoms with van der Waals surface area (Å²) in [6, 6.07) is 9.51. The van der Waals surface area contributed by atoms with Gasteiger partial charge in [0.2, 0.25) is 5.91 Å². The Morgan fingerprint density at radius 3 is 2.67 bits per heavy atom. The third kappa shape index (κ3) is 3.31. The monoisotopic (exact) mass is 424 g/mol. The number of amides is 1. The van der Waals surface area contributed by atoms with Crippen LogP contribution in [0.3, 0.4) is 0 Å². The van der Waals surface area contributed by atoms with Gasteiger partial charge < -0.3 is 9.80 Å². The number of rotatable bonds is 4. The number of thioether (sulfide) groups is 1. The number of carbonyl (C=O) groups is 1. The predicted octanol–water partition coefficient (Wildman–Crippen LogP) is 1.78. The van der Waals surface area contributed by atoms with Gasteiger partial charge in [-0.05, 0) is 18.7 Å². The Hall–Kier alpha value is -2.65. The van der Waals surface area contributed by atoms with E-state index in [-0.39, 0.29) is 17.5 Å². The molecule has 0 radical (unpaired) electrons. The lowest BCUT2D eigenvalue weighted by atomic mass is 10.2. The van der Waals surface area contributed by atoms with E-state index in [9.17, 15) is 9.59 Å². The highest BCUT2D eigenvalue weighted by atomic mass is 32.2. The third-order valence-corrected chi connectivity index (χ3v) is 7.05. The first-order valence-corrected chi connectivity index (χ1v) is 11.3. The molecule has 9 heteroatoms. The van der Waals surface area contributed by atoms with Crippen LogP contribution in [0, 0.1) is 0 Å². The molecule has 0 bridgehead atoms. The van der Waals surface area contributed by atoms with Crippen molar-refractivity contribution in [1.29, 1.82) is 0 Å². The average Bonchev–Trinajstić information content (AvgIpc) is 3.39.